The smallest absolute Gasteiger partial charge is 0.309 e. The van der Waals surface area contributed by atoms with Gasteiger partial charge in [-0.2, -0.15) is 5.10 Å². The Morgan fingerprint density at radius 3 is 2.86 bits per heavy atom. The first-order chi connectivity index (χ1) is 10.0. The van der Waals surface area contributed by atoms with Crippen LogP contribution in [-0.4, -0.2) is 25.7 Å². The van der Waals surface area contributed by atoms with Crippen LogP contribution in [0.3, 0.4) is 0 Å². The fourth-order valence-electron chi connectivity index (χ4n) is 2.02. The normalized spacial score (nSPS) is 11.0. The number of fused-ring (bicyclic) bond motifs is 1. The number of benzene rings is 1. The van der Waals surface area contributed by atoms with Gasteiger partial charge < -0.3 is 5.11 Å². The average Bonchev–Trinajstić information content (AvgIpc) is 2.82. The van der Waals surface area contributed by atoms with Crippen molar-refractivity contribution in [1.82, 2.24) is 14.6 Å². The number of carboxylic acids is 1. The molecule has 0 bridgehead atoms. The second kappa shape index (κ2) is 5.14. The Morgan fingerprint density at radius 2 is 2.14 bits per heavy atom. The molecule has 1 N–H and O–H groups in total. The Labute approximate surface area is 123 Å². The van der Waals surface area contributed by atoms with Crippen LogP contribution in [-0.2, 0) is 11.2 Å². The number of aliphatic carboxylic acids is 1. The summed E-state index contributed by atoms with van der Waals surface area (Å²) in [5.74, 6) is -1.36. The lowest BCUT2D eigenvalue weighted by Crippen LogP contribution is -2.04. The Bertz CT molecular complexity index is 847. The van der Waals surface area contributed by atoms with E-state index in [4.69, 9.17) is 16.7 Å². The summed E-state index contributed by atoms with van der Waals surface area (Å²) in [6.07, 6.45) is -0.225. The molecule has 0 fully saturated rings. The van der Waals surface area contributed by atoms with Gasteiger partial charge in [-0.15, -0.1) is 0 Å². The van der Waals surface area contributed by atoms with E-state index in [-0.39, 0.29) is 17.4 Å². The fourth-order valence-corrected chi connectivity index (χ4v) is 2.27. The molecule has 1 aromatic carbocycles. The summed E-state index contributed by atoms with van der Waals surface area (Å²) in [6.45, 7) is 0. The van der Waals surface area contributed by atoms with Gasteiger partial charge in [0, 0.05) is 11.6 Å². The SMILES string of the molecule is O=C(O)Cc1cc(Cl)n2nc(-c3cccc(F)c3)cc2n1. The van der Waals surface area contributed by atoms with Gasteiger partial charge in [0.25, 0.3) is 0 Å². The topological polar surface area (TPSA) is 67.5 Å². The van der Waals surface area contributed by atoms with Crippen LogP contribution in [0.5, 0.6) is 0 Å². The second-order valence-corrected chi connectivity index (χ2v) is 4.84. The molecule has 7 heteroatoms. The van der Waals surface area contributed by atoms with Crippen molar-refractivity contribution in [1.29, 1.82) is 0 Å². The molecular formula is C14H9ClFN3O2. The maximum Gasteiger partial charge on any atom is 0.309 e. The van der Waals surface area contributed by atoms with Gasteiger partial charge in [-0.3, -0.25) is 4.79 Å². The third-order valence-electron chi connectivity index (χ3n) is 2.89. The largest absolute Gasteiger partial charge is 0.481 e. The summed E-state index contributed by atoms with van der Waals surface area (Å²) in [6, 6.07) is 9.08. The molecule has 0 saturated carbocycles. The van der Waals surface area contributed by atoms with Crippen LogP contribution in [0.4, 0.5) is 4.39 Å². The van der Waals surface area contributed by atoms with E-state index in [0.29, 0.717) is 22.6 Å². The van der Waals surface area contributed by atoms with E-state index in [1.165, 1.54) is 22.7 Å². The Kier molecular flexibility index (Phi) is 3.31. The first-order valence-electron chi connectivity index (χ1n) is 6.06. The molecule has 0 aliphatic rings. The summed E-state index contributed by atoms with van der Waals surface area (Å²) in [4.78, 5) is 14.9. The van der Waals surface area contributed by atoms with Crippen molar-refractivity contribution >= 4 is 23.2 Å². The summed E-state index contributed by atoms with van der Waals surface area (Å²) in [7, 11) is 0. The lowest BCUT2D eigenvalue weighted by molar-refractivity contribution is -0.136. The number of rotatable bonds is 3. The lowest BCUT2D eigenvalue weighted by Gasteiger charge is -2.00. The van der Waals surface area contributed by atoms with Gasteiger partial charge in [-0.1, -0.05) is 23.7 Å². The first-order valence-corrected chi connectivity index (χ1v) is 6.43. The standard InChI is InChI=1S/C14H9ClFN3O2/c15-12-5-10(6-14(20)21)17-13-7-11(18-19(12)13)8-2-1-3-9(16)4-8/h1-5,7H,6H2,(H,20,21). The van der Waals surface area contributed by atoms with Gasteiger partial charge in [0.15, 0.2) is 5.65 Å². The van der Waals surface area contributed by atoms with E-state index >= 15 is 0 Å². The molecule has 2 heterocycles. The number of carbonyl (C=O) groups is 1. The minimum atomic E-state index is -0.993. The van der Waals surface area contributed by atoms with Gasteiger partial charge in [-0.05, 0) is 18.2 Å². The van der Waals surface area contributed by atoms with E-state index in [9.17, 15) is 9.18 Å². The Morgan fingerprint density at radius 1 is 1.33 bits per heavy atom. The summed E-state index contributed by atoms with van der Waals surface area (Å²) >= 11 is 6.07. The summed E-state index contributed by atoms with van der Waals surface area (Å²) < 4.78 is 14.6. The minimum Gasteiger partial charge on any atom is -0.481 e. The molecule has 0 saturated heterocycles. The molecule has 0 spiro atoms. The Hall–Kier alpha value is -2.47. The number of hydrogen-bond donors (Lipinski definition) is 1. The molecule has 0 radical (unpaired) electrons. The van der Waals surface area contributed by atoms with Gasteiger partial charge in [0.1, 0.15) is 11.0 Å². The molecule has 0 unspecified atom stereocenters. The van der Waals surface area contributed by atoms with Crippen LogP contribution in [0, 0.1) is 5.82 Å². The molecule has 3 rings (SSSR count). The van der Waals surface area contributed by atoms with Crippen LogP contribution in [0.15, 0.2) is 36.4 Å². The van der Waals surface area contributed by atoms with Crippen LogP contribution in [0.25, 0.3) is 16.9 Å². The molecule has 2 aromatic heterocycles. The lowest BCUT2D eigenvalue weighted by atomic mass is 10.1. The summed E-state index contributed by atoms with van der Waals surface area (Å²) in [5.41, 5.74) is 1.86. The van der Waals surface area contributed by atoms with E-state index in [1.807, 2.05) is 0 Å². The molecule has 0 aliphatic carbocycles. The van der Waals surface area contributed by atoms with Crippen molar-refractivity contribution in [3.8, 4) is 11.3 Å². The van der Waals surface area contributed by atoms with E-state index < -0.39 is 5.97 Å². The van der Waals surface area contributed by atoms with Crippen molar-refractivity contribution in [3.63, 3.8) is 0 Å². The molecule has 0 aliphatic heterocycles. The van der Waals surface area contributed by atoms with E-state index in [0.717, 1.165) is 0 Å². The van der Waals surface area contributed by atoms with Crippen LogP contribution >= 0.6 is 11.6 Å². The number of halogens is 2. The zero-order valence-corrected chi connectivity index (χ0v) is 11.4. The van der Waals surface area contributed by atoms with Gasteiger partial charge >= 0.3 is 5.97 Å². The quantitative estimate of drug-likeness (QED) is 0.756. The van der Waals surface area contributed by atoms with E-state index in [1.54, 1.807) is 18.2 Å². The molecule has 0 atom stereocenters. The third kappa shape index (κ3) is 2.71. The highest BCUT2D eigenvalue weighted by Crippen LogP contribution is 2.22. The molecule has 106 valence electrons. The predicted molar refractivity (Wildman–Crippen MR) is 74.7 cm³/mol. The molecule has 3 aromatic rings. The maximum absolute atomic E-state index is 13.3. The number of aromatic nitrogens is 3. The van der Waals surface area contributed by atoms with Gasteiger partial charge in [-0.25, -0.2) is 13.9 Å². The minimum absolute atomic E-state index is 0.225. The Balaban J connectivity index is 2.11. The zero-order chi connectivity index (χ0) is 15.0. The monoisotopic (exact) mass is 305 g/mol. The number of nitrogens with zero attached hydrogens (tertiary/aromatic N) is 3. The third-order valence-corrected chi connectivity index (χ3v) is 3.16. The highest BCUT2D eigenvalue weighted by atomic mass is 35.5. The molecule has 0 amide bonds. The van der Waals surface area contributed by atoms with E-state index in [2.05, 4.69) is 10.1 Å². The van der Waals surface area contributed by atoms with Crippen LogP contribution in [0.1, 0.15) is 5.69 Å². The fraction of sp³-hybridized carbons (Fsp3) is 0.0714. The summed E-state index contributed by atoms with van der Waals surface area (Å²) in [5, 5.41) is 13.3. The van der Waals surface area contributed by atoms with Gasteiger partial charge in [0.2, 0.25) is 0 Å². The first kappa shape index (κ1) is 13.5. The van der Waals surface area contributed by atoms with Crippen LogP contribution in [0.2, 0.25) is 5.15 Å². The van der Waals surface area contributed by atoms with Crippen molar-refractivity contribution < 1.29 is 14.3 Å². The molecular weight excluding hydrogens is 297 g/mol. The van der Waals surface area contributed by atoms with Crippen molar-refractivity contribution in [2.24, 2.45) is 0 Å². The molecule has 21 heavy (non-hydrogen) atoms. The average molecular weight is 306 g/mol. The van der Waals surface area contributed by atoms with Crippen LogP contribution < -0.4 is 0 Å². The highest BCUT2D eigenvalue weighted by Gasteiger charge is 2.11. The number of carboxylic acid groups (broad SMARTS) is 1. The van der Waals surface area contributed by atoms with Crippen molar-refractivity contribution in [2.75, 3.05) is 0 Å². The second-order valence-electron chi connectivity index (χ2n) is 4.45. The van der Waals surface area contributed by atoms with Crippen molar-refractivity contribution in [3.05, 3.63) is 53.1 Å². The maximum atomic E-state index is 13.3. The molecule has 5 nitrogen and oxygen atoms in total. The number of hydrogen-bond acceptors (Lipinski definition) is 3. The zero-order valence-electron chi connectivity index (χ0n) is 10.6. The highest BCUT2D eigenvalue weighted by molar-refractivity contribution is 6.29. The predicted octanol–water partition coefficient (Wildman–Crippen LogP) is 2.82. The van der Waals surface area contributed by atoms with Crippen molar-refractivity contribution in [2.45, 2.75) is 6.42 Å². The van der Waals surface area contributed by atoms with Gasteiger partial charge in [0.05, 0.1) is 17.8 Å².